The monoisotopic (exact) mass is 278 g/mol. The molecule has 1 fully saturated rings. The van der Waals surface area contributed by atoms with Crippen molar-refractivity contribution in [2.24, 2.45) is 16.8 Å². The third-order valence-electron chi connectivity index (χ3n) is 3.25. The van der Waals surface area contributed by atoms with Crippen molar-refractivity contribution in [2.45, 2.75) is 39.2 Å². The molecule has 0 aromatic rings. The van der Waals surface area contributed by atoms with E-state index in [4.69, 9.17) is 10.9 Å². The van der Waals surface area contributed by atoms with E-state index >= 15 is 0 Å². The molecule has 0 radical (unpaired) electrons. The maximum atomic E-state index is 12.1. The van der Waals surface area contributed by atoms with Gasteiger partial charge in [-0.2, -0.15) is 17.4 Å². The molecule has 7 nitrogen and oxygen atoms in total. The number of oxime groups is 1. The predicted octanol–water partition coefficient (Wildman–Crippen LogP) is 0.0777. The van der Waals surface area contributed by atoms with Gasteiger partial charge in [0.05, 0.1) is 6.04 Å². The summed E-state index contributed by atoms with van der Waals surface area (Å²) >= 11 is 0. The van der Waals surface area contributed by atoms with Gasteiger partial charge >= 0.3 is 0 Å². The zero-order chi connectivity index (χ0) is 13.8. The summed E-state index contributed by atoms with van der Waals surface area (Å²) in [6.45, 7) is 4.92. The Bertz CT molecular complexity index is 388. The maximum absolute atomic E-state index is 12.1. The summed E-state index contributed by atoms with van der Waals surface area (Å²) in [6.07, 6.45) is 2.15. The summed E-state index contributed by atoms with van der Waals surface area (Å²) in [6, 6.07) is -0.667. The molecule has 1 unspecified atom stereocenters. The van der Waals surface area contributed by atoms with E-state index in [-0.39, 0.29) is 5.84 Å². The molecule has 106 valence electrons. The van der Waals surface area contributed by atoms with E-state index < -0.39 is 16.3 Å². The molecule has 1 aliphatic heterocycles. The SMILES string of the molecule is CCC(NS(=O)(=O)N1CCC(C)CC1)/C(N)=N/O. The fourth-order valence-electron chi connectivity index (χ4n) is 1.90. The summed E-state index contributed by atoms with van der Waals surface area (Å²) in [4.78, 5) is 0. The Balaban J connectivity index is 2.69. The zero-order valence-corrected chi connectivity index (χ0v) is 11.7. The van der Waals surface area contributed by atoms with Crippen LogP contribution >= 0.6 is 0 Å². The molecular formula is C10H22N4O3S. The van der Waals surface area contributed by atoms with Gasteiger partial charge in [-0.15, -0.1) is 0 Å². The van der Waals surface area contributed by atoms with Gasteiger partial charge in [-0.05, 0) is 25.2 Å². The smallest absolute Gasteiger partial charge is 0.280 e. The number of hydrogen-bond donors (Lipinski definition) is 3. The molecule has 4 N–H and O–H groups in total. The standard InChI is InChI=1S/C10H22N4O3S/c1-3-9(10(11)12-15)13-18(16,17)14-6-4-8(2)5-7-14/h8-9,13,15H,3-7H2,1-2H3,(H2,11,12). The molecule has 0 saturated carbocycles. The number of amidine groups is 1. The van der Waals surface area contributed by atoms with Gasteiger partial charge < -0.3 is 10.9 Å². The normalized spacial score (nSPS) is 22.0. The Labute approximate surface area is 108 Å². The molecule has 1 rings (SSSR count). The fourth-order valence-corrected chi connectivity index (χ4v) is 3.39. The van der Waals surface area contributed by atoms with Crippen molar-refractivity contribution in [1.82, 2.24) is 9.03 Å². The van der Waals surface area contributed by atoms with Crippen molar-refractivity contribution in [2.75, 3.05) is 13.1 Å². The summed E-state index contributed by atoms with van der Waals surface area (Å²) in [7, 11) is -3.56. The quantitative estimate of drug-likeness (QED) is 0.286. The summed E-state index contributed by atoms with van der Waals surface area (Å²) in [5, 5.41) is 11.4. The first kappa shape index (κ1) is 15.2. The van der Waals surface area contributed by atoms with Gasteiger partial charge in [-0.25, -0.2) is 0 Å². The van der Waals surface area contributed by atoms with E-state index in [9.17, 15) is 8.42 Å². The predicted molar refractivity (Wildman–Crippen MR) is 69.5 cm³/mol. The van der Waals surface area contributed by atoms with Crippen molar-refractivity contribution >= 4 is 16.0 Å². The molecular weight excluding hydrogens is 256 g/mol. The van der Waals surface area contributed by atoms with Crippen molar-refractivity contribution in [3.63, 3.8) is 0 Å². The van der Waals surface area contributed by atoms with Crippen LogP contribution in [0, 0.1) is 5.92 Å². The minimum Gasteiger partial charge on any atom is -0.409 e. The highest BCUT2D eigenvalue weighted by molar-refractivity contribution is 7.87. The molecule has 1 heterocycles. The lowest BCUT2D eigenvalue weighted by Crippen LogP contribution is -2.51. The molecule has 0 bridgehead atoms. The number of nitrogens with one attached hydrogen (secondary N) is 1. The van der Waals surface area contributed by atoms with Crippen LogP contribution in [0.15, 0.2) is 5.16 Å². The Morgan fingerprint density at radius 3 is 2.56 bits per heavy atom. The third kappa shape index (κ3) is 3.82. The number of piperidine rings is 1. The second kappa shape index (κ2) is 6.35. The van der Waals surface area contributed by atoms with Gasteiger partial charge in [0.2, 0.25) is 0 Å². The minimum absolute atomic E-state index is 0.119. The van der Waals surface area contributed by atoms with Crippen molar-refractivity contribution in [3.05, 3.63) is 0 Å². The maximum Gasteiger partial charge on any atom is 0.280 e. The highest BCUT2D eigenvalue weighted by atomic mass is 32.2. The summed E-state index contributed by atoms with van der Waals surface area (Å²) < 4.78 is 28.1. The van der Waals surface area contributed by atoms with Crippen LogP contribution in [0.1, 0.15) is 33.1 Å². The topological polar surface area (TPSA) is 108 Å². The lowest BCUT2D eigenvalue weighted by molar-refractivity contribution is 0.284. The van der Waals surface area contributed by atoms with Crippen LogP contribution in [0.3, 0.4) is 0 Å². The van der Waals surface area contributed by atoms with Gasteiger partial charge in [0, 0.05) is 13.1 Å². The molecule has 0 amide bonds. The number of hydrogen-bond acceptors (Lipinski definition) is 4. The molecule has 8 heteroatoms. The first-order valence-corrected chi connectivity index (χ1v) is 7.59. The lowest BCUT2D eigenvalue weighted by Gasteiger charge is -2.30. The van der Waals surface area contributed by atoms with Crippen LogP contribution in [0.4, 0.5) is 0 Å². The van der Waals surface area contributed by atoms with Crippen molar-refractivity contribution in [1.29, 1.82) is 0 Å². The highest BCUT2D eigenvalue weighted by Gasteiger charge is 2.29. The number of nitrogens with zero attached hydrogens (tertiary/aromatic N) is 2. The number of rotatable bonds is 5. The average molecular weight is 278 g/mol. The second-order valence-electron chi connectivity index (χ2n) is 4.69. The van der Waals surface area contributed by atoms with Crippen LogP contribution in [-0.2, 0) is 10.2 Å². The Morgan fingerprint density at radius 1 is 1.56 bits per heavy atom. The van der Waals surface area contributed by atoms with Crippen molar-refractivity contribution < 1.29 is 13.6 Å². The second-order valence-corrected chi connectivity index (χ2v) is 6.39. The molecule has 1 atom stereocenters. The Hall–Kier alpha value is -0.860. The van der Waals surface area contributed by atoms with E-state index in [1.165, 1.54) is 4.31 Å². The molecule has 0 aromatic heterocycles. The van der Waals surface area contributed by atoms with Crippen molar-refractivity contribution in [3.8, 4) is 0 Å². The summed E-state index contributed by atoms with van der Waals surface area (Å²) in [5.74, 6) is 0.439. The molecule has 0 aliphatic carbocycles. The van der Waals surface area contributed by atoms with E-state index in [1.54, 1.807) is 6.92 Å². The molecule has 1 saturated heterocycles. The number of nitrogens with two attached hydrogens (primary N) is 1. The average Bonchev–Trinajstić information content (AvgIpc) is 2.35. The fraction of sp³-hybridized carbons (Fsp3) is 0.900. The minimum atomic E-state index is -3.56. The first-order chi connectivity index (χ1) is 8.40. The zero-order valence-electron chi connectivity index (χ0n) is 10.8. The molecule has 18 heavy (non-hydrogen) atoms. The van der Waals surface area contributed by atoms with Crippen LogP contribution in [0.5, 0.6) is 0 Å². The Kier molecular flexibility index (Phi) is 5.36. The van der Waals surface area contributed by atoms with Gasteiger partial charge in [0.25, 0.3) is 10.2 Å². The molecule has 0 spiro atoms. The highest BCUT2D eigenvalue weighted by Crippen LogP contribution is 2.18. The first-order valence-electron chi connectivity index (χ1n) is 6.15. The lowest BCUT2D eigenvalue weighted by atomic mass is 10.0. The van der Waals surface area contributed by atoms with Gasteiger partial charge in [-0.1, -0.05) is 19.0 Å². The van der Waals surface area contributed by atoms with E-state index in [0.717, 1.165) is 12.8 Å². The Morgan fingerprint density at radius 2 is 2.11 bits per heavy atom. The van der Waals surface area contributed by atoms with Crippen LogP contribution < -0.4 is 10.5 Å². The van der Waals surface area contributed by atoms with Gasteiger partial charge in [0.1, 0.15) is 0 Å². The largest absolute Gasteiger partial charge is 0.409 e. The van der Waals surface area contributed by atoms with Crippen LogP contribution in [0.2, 0.25) is 0 Å². The van der Waals surface area contributed by atoms with Gasteiger partial charge in [0.15, 0.2) is 5.84 Å². The third-order valence-corrected chi connectivity index (χ3v) is 4.88. The van der Waals surface area contributed by atoms with Crippen LogP contribution in [0.25, 0.3) is 0 Å². The molecule has 0 aromatic carbocycles. The van der Waals surface area contributed by atoms with E-state index in [2.05, 4.69) is 16.8 Å². The molecule has 1 aliphatic rings. The van der Waals surface area contributed by atoms with E-state index in [1.807, 2.05) is 0 Å². The summed E-state index contributed by atoms with van der Waals surface area (Å²) in [5.41, 5.74) is 5.44. The van der Waals surface area contributed by atoms with E-state index in [0.29, 0.717) is 25.4 Å². The van der Waals surface area contributed by atoms with Crippen LogP contribution in [-0.4, -0.2) is 42.9 Å². The van der Waals surface area contributed by atoms with Gasteiger partial charge in [-0.3, -0.25) is 0 Å².